The second-order valence-electron chi connectivity index (χ2n) is 5.46. The molecule has 0 amide bonds. The maximum Gasteiger partial charge on any atom is 0.123 e. The molecule has 2 aromatic rings. The number of aromatic nitrogens is 1. The fourth-order valence-corrected chi connectivity index (χ4v) is 3.33. The molecule has 0 aliphatic carbocycles. The van der Waals surface area contributed by atoms with Crippen molar-refractivity contribution in [2.24, 2.45) is 0 Å². The highest BCUT2D eigenvalue weighted by Crippen LogP contribution is 2.31. The minimum atomic E-state index is 0.489. The van der Waals surface area contributed by atoms with Crippen LogP contribution in [-0.2, 0) is 13.0 Å². The molecular weight excluding hydrogens is 280 g/mol. The van der Waals surface area contributed by atoms with Gasteiger partial charge in [0, 0.05) is 23.0 Å². The highest BCUT2D eigenvalue weighted by molar-refractivity contribution is 7.15. The maximum atomic E-state index is 5.32. The summed E-state index contributed by atoms with van der Waals surface area (Å²) in [6.45, 7) is 9.46. The van der Waals surface area contributed by atoms with Crippen LogP contribution in [0.4, 0.5) is 0 Å². The monoisotopic (exact) mass is 304 g/mol. The third-order valence-electron chi connectivity index (χ3n) is 3.43. The molecule has 1 heterocycles. The lowest BCUT2D eigenvalue weighted by Crippen LogP contribution is -2.21. The van der Waals surface area contributed by atoms with Gasteiger partial charge in [-0.15, -0.1) is 11.3 Å². The number of hydrogen-bond donors (Lipinski definition) is 1. The molecule has 0 unspecified atom stereocenters. The zero-order valence-electron chi connectivity index (χ0n) is 13.5. The highest BCUT2D eigenvalue weighted by Gasteiger charge is 2.12. The van der Waals surface area contributed by atoms with Crippen molar-refractivity contribution in [3.05, 3.63) is 34.3 Å². The van der Waals surface area contributed by atoms with Crippen LogP contribution in [0.3, 0.4) is 0 Å². The van der Waals surface area contributed by atoms with Gasteiger partial charge in [-0.1, -0.05) is 20.8 Å². The molecule has 3 nitrogen and oxygen atoms in total. The summed E-state index contributed by atoms with van der Waals surface area (Å²) in [4.78, 5) is 6.15. The molecule has 1 N–H and O–H groups in total. The molecule has 4 heteroatoms. The average Bonchev–Trinajstić information content (AvgIpc) is 2.88. The van der Waals surface area contributed by atoms with Gasteiger partial charge >= 0.3 is 0 Å². The molecule has 0 atom stereocenters. The minimum absolute atomic E-state index is 0.489. The lowest BCUT2D eigenvalue weighted by molar-refractivity contribution is 0.412. The third-order valence-corrected chi connectivity index (χ3v) is 4.57. The third kappa shape index (κ3) is 3.83. The van der Waals surface area contributed by atoms with Crippen molar-refractivity contribution < 1.29 is 4.74 Å². The van der Waals surface area contributed by atoms with E-state index < -0.39 is 0 Å². The molecule has 114 valence electrons. The molecule has 0 saturated heterocycles. The van der Waals surface area contributed by atoms with E-state index in [0.29, 0.717) is 6.04 Å². The first-order chi connectivity index (χ1) is 10.0. The number of hydrogen-bond acceptors (Lipinski definition) is 4. The van der Waals surface area contributed by atoms with Crippen molar-refractivity contribution in [2.45, 2.75) is 46.7 Å². The van der Waals surface area contributed by atoms with Crippen molar-refractivity contribution in [1.29, 1.82) is 0 Å². The van der Waals surface area contributed by atoms with Gasteiger partial charge in [-0.3, -0.25) is 0 Å². The van der Waals surface area contributed by atoms with Gasteiger partial charge in [0.15, 0.2) is 0 Å². The number of aryl methyl sites for hydroxylation is 2. The summed E-state index contributed by atoms with van der Waals surface area (Å²) in [6, 6.07) is 6.74. The molecule has 0 saturated carbocycles. The molecule has 0 fully saturated rings. The SMILES string of the molecule is CCc1nc(-c2ccc(OC)c(C)c2)sc1CNC(C)C. The van der Waals surface area contributed by atoms with Gasteiger partial charge in [0.05, 0.1) is 12.8 Å². The summed E-state index contributed by atoms with van der Waals surface area (Å²) < 4.78 is 5.32. The van der Waals surface area contributed by atoms with Crippen LogP contribution in [0.25, 0.3) is 10.6 Å². The van der Waals surface area contributed by atoms with E-state index in [9.17, 15) is 0 Å². The molecule has 0 aliphatic rings. The van der Waals surface area contributed by atoms with Crippen molar-refractivity contribution in [3.63, 3.8) is 0 Å². The fourth-order valence-electron chi connectivity index (χ4n) is 2.23. The minimum Gasteiger partial charge on any atom is -0.496 e. The molecular formula is C17H24N2OS. The maximum absolute atomic E-state index is 5.32. The van der Waals surface area contributed by atoms with Gasteiger partial charge in [-0.25, -0.2) is 4.98 Å². The van der Waals surface area contributed by atoms with E-state index in [4.69, 9.17) is 9.72 Å². The summed E-state index contributed by atoms with van der Waals surface area (Å²) in [5, 5.41) is 4.58. The van der Waals surface area contributed by atoms with Gasteiger partial charge in [0.2, 0.25) is 0 Å². The van der Waals surface area contributed by atoms with Gasteiger partial charge in [0.25, 0.3) is 0 Å². The van der Waals surface area contributed by atoms with E-state index in [1.807, 2.05) is 6.07 Å². The Bertz CT molecular complexity index is 605. The zero-order valence-corrected chi connectivity index (χ0v) is 14.3. The first-order valence-corrected chi connectivity index (χ1v) is 8.23. The van der Waals surface area contributed by atoms with Gasteiger partial charge in [0.1, 0.15) is 10.8 Å². The Hall–Kier alpha value is -1.39. The molecule has 21 heavy (non-hydrogen) atoms. The Morgan fingerprint density at radius 1 is 1.33 bits per heavy atom. The van der Waals surface area contributed by atoms with Crippen LogP contribution in [-0.4, -0.2) is 18.1 Å². The normalized spacial score (nSPS) is 11.1. The zero-order chi connectivity index (χ0) is 15.4. The average molecular weight is 304 g/mol. The Kier molecular flexibility index (Phi) is 5.37. The molecule has 2 rings (SSSR count). The topological polar surface area (TPSA) is 34.1 Å². The Morgan fingerprint density at radius 3 is 2.67 bits per heavy atom. The summed E-state index contributed by atoms with van der Waals surface area (Å²) in [5.41, 5.74) is 3.52. The Labute approximate surface area is 131 Å². The van der Waals surface area contributed by atoms with Crippen LogP contribution in [0.15, 0.2) is 18.2 Å². The quantitative estimate of drug-likeness (QED) is 0.869. The molecule has 0 radical (unpaired) electrons. The summed E-state index contributed by atoms with van der Waals surface area (Å²) in [7, 11) is 1.70. The van der Waals surface area contributed by atoms with E-state index in [0.717, 1.165) is 29.3 Å². The lowest BCUT2D eigenvalue weighted by Gasteiger charge is -2.06. The van der Waals surface area contributed by atoms with Crippen LogP contribution < -0.4 is 10.1 Å². The second kappa shape index (κ2) is 7.05. The van der Waals surface area contributed by atoms with E-state index >= 15 is 0 Å². The largest absolute Gasteiger partial charge is 0.496 e. The van der Waals surface area contributed by atoms with Gasteiger partial charge < -0.3 is 10.1 Å². The molecule has 0 spiro atoms. The van der Waals surface area contributed by atoms with Crippen molar-refractivity contribution in [3.8, 4) is 16.3 Å². The predicted octanol–water partition coefficient (Wildman–Crippen LogP) is 4.19. The van der Waals surface area contributed by atoms with Crippen LogP contribution in [0, 0.1) is 6.92 Å². The number of methoxy groups -OCH3 is 1. The first kappa shape index (κ1) is 16.0. The van der Waals surface area contributed by atoms with E-state index in [-0.39, 0.29) is 0 Å². The van der Waals surface area contributed by atoms with Crippen LogP contribution >= 0.6 is 11.3 Å². The van der Waals surface area contributed by atoms with Crippen LogP contribution in [0.2, 0.25) is 0 Å². The smallest absolute Gasteiger partial charge is 0.123 e. The lowest BCUT2D eigenvalue weighted by atomic mass is 10.1. The standard InChI is InChI=1S/C17H24N2OS/c1-6-14-16(10-18-11(2)3)21-17(19-14)13-7-8-15(20-5)12(4)9-13/h7-9,11,18H,6,10H2,1-5H3. The second-order valence-corrected chi connectivity index (χ2v) is 6.55. The first-order valence-electron chi connectivity index (χ1n) is 7.42. The summed E-state index contributed by atoms with van der Waals surface area (Å²) in [5.74, 6) is 0.924. The molecule has 0 bridgehead atoms. The summed E-state index contributed by atoms with van der Waals surface area (Å²) in [6.07, 6.45) is 0.973. The Morgan fingerprint density at radius 2 is 2.10 bits per heavy atom. The number of rotatable bonds is 6. The number of nitrogens with zero attached hydrogens (tertiary/aromatic N) is 1. The number of nitrogens with one attached hydrogen (secondary N) is 1. The van der Waals surface area contributed by atoms with E-state index in [1.54, 1.807) is 18.4 Å². The molecule has 0 aliphatic heterocycles. The molecule has 1 aromatic heterocycles. The number of benzene rings is 1. The van der Waals surface area contributed by atoms with E-state index in [1.165, 1.54) is 16.1 Å². The fraction of sp³-hybridized carbons (Fsp3) is 0.471. The number of thiazole rings is 1. The summed E-state index contributed by atoms with van der Waals surface area (Å²) >= 11 is 1.79. The van der Waals surface area contributed by atoms with Crippen LogP contribution in [0.5, 0.6) is 5.75 Å². The highest BCUT2D eigenvalue weighted by atomic mass is 32.1. The van der Waals surface area contributed by atoms with Gasteiger partial charge in [-0.05, 0) is 37.1 Å². The van der Waals surface area contributed by atoms with Crippen LogP contribution in [0.1, 0.15) is 36.9 Å². The Balaban J connectivity index is 2.29. The van der Waals surface area contributed by atoms with Crippen molar-refractivity contribution in [2.75, 3.05) is 7.11 Å². The molecule has 1 aromatic carbocycles. The number of ether oxygens (including phenoxy) is 1. The predicted molar refractivity (Wildman–Crippen MR) is 90.2 cm³/mol. The van der Waals surface area contributed by atoms with E-state index in [2.05, 4.69) is 45.1 Å². The van der Waals surface area contributed by atoms with Crippen molar-refractivity contribution in [1.82, 2.24) is 10.3 Å². The van der Waals surface area contributed by atoms with Gasteiger partial charge in [-0.2, -0.15) is 0 Å². The van der Waals surface area contributed by atoms with Crippen molar-refractivity contribution >= 4 is 11.3 Å².